The molecule has 1 aromatic carbocycles. The van der Waals surface area contributed by atoms with Gasteiger partial charge in [0.2, 0.25) is 6.43 Å². The minimum atomic E-state index is -2.28. The minimum absolute atomic E-state index is 0.109. The molecule has 0 saturated carbocycles. The third kappa shape index (κ3) is 3.97. The van der Waals surface area contributed by atoms with E-state index in [0.717, 1.165) is 41.8 Å². The number of alkyl halides is 2. The van der Waals surface area contributed by atoms with E-state index in [1.807, 2.05) is 25.1 Å². The van der Waals surface area contributed by atoms with Crippen LogP contribution in [0.5, 0.6) is 0 Å². The van der Waals surface area contributed by atoms with Gasteiger partial charge in [-0.3, -0.25) is 4.90 Å². The molecule has 1 atom stereocenters. The molecule has 0 spiro atoms. The molecule has 1 aliphatic heterocycles. The summed E-state index contributed by atoms with van der Waals surface area (Å²) < 4.78 is 26.7. The standard InChI is InChI=1S/C14H19BrF2N2/c1-10-2-3-11(12(15)8-10)13(9-14(16)17)19-6-4-18-5-7-19/h2-3,8,13-14,18H,4-7,9H2,1H3/t13-/m1/s1. The van der Waals surface area contributed by atoms with Crippen LogP contribution in [0.2, 0.25) is 0 Å². The summed E-state index contributed by atoms with van der Waals surface area (Å²) in [4.78, 5) is 2.15. The smallest absolute Gasteiger partial charge is 0.240 e. The van der Waals surface area contributed by atoms with Gasteiger partial charge in [-0.1, -0.05) is 28.1 Å². The van der Waals surface area contributed by atoms with Gasteiger partial charge in [-0.15, -0.1) is 0 Å². The van der Waals surface area contributed by atoms with Crippen LogP contribution in [0.3, 0.4) is 0 Å². The Bertz CT molecular complexity index is 420. The summed E-state index contributed by atoms with van der Waals surface area (Å²) in [5.74, 6) is 0. The molecule has 1 aromatic rings. The zero-order valence-electron chi connectivity index (χ0n) is 11.0. The maximum Gasteiger partial charge on any atom is 0.240 e. The predicted octanol–water partition coefficient (Wildman–Crippen LogP) is 3.36. The van der Waals surface area contributed by atoms with E-state index in [1.165, 1.54) is 0 Å². The number of hydrogen-bond acceptors (Lipinski definition) is 2. The van der Waals surface area contributed by atoms with Gasteiger partial charge in [-0.05, 0) is 24.1 Å². The van der Waals surface area contributed by atoms with Crippen LogP contribution in [0.1, 0.15) is 23.6 Å². The lowest BCUT2D eigenvalue weighted by molar-refractivity contribution is 0.0736. The Labute approximate surface area is 121 Å². The monoisotopic (exact) mass is 332 g/mol. The van der Waals surface area contributed by atoms with Crippen LogP contribution < -0.4 is 5.32 Å². The molecule has 2 nitrogen and oxygen atoms in total. The Kier molecular flexibility index (Phi) is 5.30. The van der Waals surface area contributed by atoms with Crippen molar-refractivity contribution in [3.8, 4) is 0 Å². The van der Waals surface area contributed by atoms with Crippen LogP contribution in [0.4, 0.5) is 8.78 Å². The van der Waals surface area contributed by atoms with Crippen molar-refractivity contribution in [2.45, 2.75) is 25.8 Å². The minimum Gasteiger partial charge on any atom is -0.314 e. The average Bonchev–Trinajstić information content (AvgIpc) is 2.37. The van der Waals surface area contributed by atoms with Gasteiger partial charge >= 0.3 is 0 Å². The third-order valence-corrected chi connectivity index (χ3v) is 4.20. The Morgan fingerprint density at radius 2 is 2.00 bits per heavy atom. The lowest BCUT2D eigenvalue weighted by Gasteiger charge is -2.35. The van der Waals surface area contributed by atoms with E-state index >= 15 is 0 Å². The van der Waals surface area contributed by atoms with Gasteiger partial charge < -0.3 is 5.32 Å². The fourth-order valence-electron chi connectivity index (χ4n) is 2.54. The summed E-state index contributed by atoms with van der Waals surface area (Å²) in [7, 11) is 0. The summed E-state index contributed by atoms with van der Waals surface area (Å²) >= 11 is 3.52. The number of halogens is 3. The molecular weight excluding hydrogens is 314 g/mol. The second kappa shape index (κ2) is 6.77. The molecule has 0 radical (unpaired) electrons. The third-order valence-electron chi connectivity index (χ3n) is 3.51. The summed E-state index contributed by atoms with van der Waals surface area (Å²) in [6.45, 7) is 5.36. The van der Waals surface area contributed by atoms with Crippen LogP contribution >= 0.6 is 15.9 Å². The van der Waals surface area contributed by atoms with Crippen LogP contribution in [-0.2, 0) is 0 Å². The fraction of sp³-hybridized carbons (Fsp3) is 0.571. The second-order valence-electron chi connectivity index (χ2n) is 4.95. The number of nitrogens with zero attached hydrogens (tertiary/aromatic N) is 1. The molecule has 0 aliphatic carbocycles. The number of nitrogens with one attached hydrogen (secondary N) is 1. The molecule has 2 rings (SSSR count). The summed E-state index contributed by atoms with van der Waals surface area (Å²) in [5, 5.41) is 3.26. The van der Waals surface area contributed by atoms with E-state index in [-0.39, 0.29) is 12.5 Å². The van der Waals surface area contributed by atoms with Gasteiger partial charge in [0.05, 0.1) is 0 Å². The molecule has 1 saturated heterocycles. The molecule has 5 heteroatoms. The van der Waals surface area contributed by atoms with Crippen molar-refractivity contribution in [2.75, 3.05) is 26.2 Å². The van der Waals surface area contributed by atoms with Crippen molar-refractivity contribution in [3.63, 3.8) is 0 Å². The molecule has 1 N–H and O–H groups in total. The lowest BCUT2D eigenvalue weighted by atomic mass is 10.00. The summed E-state index contributed by atoms with van der Waals surface area (Å²) in [6.07, 6.45) is -2.39. The molecule has 19 heavy (non-hydrogen) atoms. The normalized spacial score (nSPS) is 18.8. The molecule has 106 valence electrons. The predicted molar refractivity (Wildman–Crippen MR) is 76.7 cm³/mol. The summed E-state index contributed by atoms with van der Waals surface area (Å²) in [5.41, 5.74) is 2.10. The molecule has 1 heterocycles. The first kappa shape index (κ1) is 14.9. The van der Waals surface area contributed by atoms with Crippen LogP contribution in [0.25, 0.3) is 0 Å². The zero-order valence-corrected chi connectivity index (χ0v) is 12.6. The second-order valence-corrected chi connectivity index (χ2v) is 5.81. The summed E-state index contributed by atoms with van der Waals surface area (Å²) in [6, 6.07) is 5.74. The Morgan fingerprint density at radius 1 is 1.32 bits per heavy atom. The van der Waals surface area contributed by atoms with E-state index in [9.17, 15) is 8.78 Å². The average molecular weight is 333 g/mol. The van der Waals surface area contributed by atoms with Crippen molar-refractivity contribution in [1.82, 2.24) is 10.2 Å². The van der Waals surface area contributed by atoms with Crippen LogP contribution in [0, 0.1) is 6.92 Å². The quantitative estimate of drug-likeness (QED) is 0.909. The first-order chi connectivity index (χ1) is 9.08. The number of aryl methyl sites for hydroxylation is 1. The molecule has 1 fully saturated rings. The highest BCUT2D eigenvalue weighted by Crippen LogP contribution is 2.33. The van der Waals surface area contributed by atoms with Gasteiger partial charge in [0.25, 0.3) is 0 Å². The van der Waals surface area contributed by atoms with E-state index in [2.05, 4.69) is 26.1 Å². The number of benzene rings is 1. The molecule has 1 aliphatic rings. The first-order valence-electron chi connectivity index (χ1n) is 6.57. The molecular formula is C14H19BrF2N2. The number of piperazine rings is 1. The Morgan fingerprint density at radius 3 is 2.58 bits per heavy atom. The maximum atomic E-state index is 12.9. The van der Waals surface area contributed by atoms with Crippen molar-refractivity contribution in [3.05, 3.63) is 33.8 Å². The molecule has 0 amide bonds. The van der Waals surface area contributed by atoms with Crippen molar-refractivity contribution >= 4 is 15.9 Å². The van der Waals surface area contributed by atoms with Crippen LogP contribution in [0.15, 0.2) is 22.7 Å². The first-order valence-corrected chi connectivity index (χ1v) is 7.36. The van der Waals surface area contributed by atoms with Crippen LogP contribution in [-0.4, -0.2) is 37.5 Å². The highest BCUT2D eigenvalue weighted by atomic mass is 79.9. The Balaban J connectivity index is 2.25. The SMILES string of the molecule is Cc1ccc([C@@H](CC(F)F)N2CCNCC2)c(Br)c1. The zero-order chi connectivity index (χ0) is 13.8. The number of hydrogen-bond donors (Lipinski definition) is 1. The largest absolute Gasteiger partial charge is 0.314 e. The van der Waals surface area contributed by atoms with Crippen molar-refractivity contribution in [2.24, 2.45) is 0 Å². The van der Waals surface area contributed by atoms with E-state index in [4.69, 9.17) is 0 Å². The molecule has 0 unspecified atom stereocenters. The molecule has 0 bridgehead atoms. The van der Waals surface area contributed by atoms with E-state index in [0.29, 0.717) is 0 Å². The highest BCUT2D eigenvalue weighted by molar-refractivity contribution is 9.10. The van der Waals surface area contributed by atoms with Gasteiger partial charge in [-0.2, -0.15) is 0 Å². The highest BCUT2D eigenvalue weighted by Gasteiger charge is 2.26. The van der Waals surface area contributed by atoms with Crippen molar-refractivity contribution < 1.29 is 8.78 Å². The van der Waals surface area contributed by atoms with Gasteiger partial charge in [0.15, 0.2) is 0 Å². The molecule has 0 aromatic heterocycles. The van der Waals surface area contributed by atoms with Gasteiger partial charge in [0, 0.05) is 43.1 Å². The van der Waals surface area contributed by atoms with Gasteiger partial charge in [0.1, 0.15) is 0 Å². The topological polar surface area (TPSA) is 15.3 Å². The van der Waals surface area contributed by atoms with Gasteiger partial charge in [-0.25, -0.2) is 8.78 Å². The van der Waals surface area contributed by atoms with E-state index < -0.39 is 6.43 Å². The number of rotatable bonds is 4. The fourth-order valence-corrected chi connectivity index (χ4v) is 3.30. The Hall–Kier alpha value is -0.520. The lowest BCUT2D eigenvalue weighted by Crippen LogP contribution is -2.45. The van der Waals surface area contributed by atoms with E-state index in [1.54, 1.807) is 0 Å². The maximum absolute atomic E-state index is 12.9. The van der Waals surface area contributed by atoms with Crippen molar-refractivity contribution in [1.29, 1.82) is 0 Å².